The lowest BCUT2D eigenvalue weighted by atomic mass is 9.97. The summed E-state index contributed by atoms with van der Waals surface area (Å²) in [4.78, 5) is 0. The molecular weight excluding hydrogens is 274 g/mol. The molecule has 3 nitrogen and oxygen atoms in total. The summed E-state index contributed by atoms with van der Waals surface area (Å²) in [5, 5.41) is 13.5. The van der Waals surface area contributed by atoms with E-state index in [2.05, 4.69) is 42.6 Å². The molecule has 2 aromatic rings. The number of fused-ring (bicyclic) bond motifs is 1. The van der Waals surface area contributed by atoms with Crippen LogP contribution in [-0.2, 0) is 6.42 Å². The third-order valence-electron chi connectivity index (χ3n) is 4.38. The third-order valence-corrected chi connectivity index (χ3v) is 4.38. The third kappa shape index (κ3) is 3.42. The predicted octanol–water partition coefficient (Wildman–Crippen LogP) is 3.48. The van der Waals surface area contributed by atoms with Gasteiger partial charge in [0.2, 0.25) is 0 Å². The fourth-order valence-electron chi connectivity index (χ4n) is 2.97. The van der Waals surface area contributed by atoms with Gasteiger partial charge in [0.15, 0.2) is 0 Å². The van der Waals surface area contributed by atoms with Crippen LogP contribution in [0.25, 0.3) is 0 Å². The van der Waals surface area contributed by atoms with Gasteiger partial charge >= 0.3 is 0 Å². The number of rotatable bonds is 5. The van der Waals surface area contributed by atoms with Crippen LogP contribution in [0.15, 0.2) is 48.5 Å². The van der Waals surface area contributed by atoms with Crippen molar-refractivity contribution >= 4 is 0 Å². The summed E-state index contributed by atoms with van der Waals surface area (Å²) in [6, 6.07) is 16.3. The van der Waals surface area contributed by atoms with Gasteiger partial charge in [0.25, 0.3) is 0 Å². The molecule has 1 aliphatic heterocycles. The second kappa shape index (κ2) is 6.84. The quantitative estimate of drug-likeness (QED) is 0.888. The summed E-state index contributed by atoms with van der Waals surface area (Å²) in [5.74, 6) is 1.69. The molecule has 1 aliphatic rings. The van der Waals surface area contributed by atoms with Crippen LogP contribution in [-0.4, -0.2) is 24.3 Å². The molecule has 3 heteroatoms. The molecule has 0 amide bonds. The minimum absolute atomic E-state index is 0.267. The average Bonchev–Trinajstić information content (AvgIpc) is 2.56. The summed E-state index contributed by atoms with van der Waals surface area (Å²) in [6.45, 7) is 3.87. The number of ether oxygens (including phenoxy) is 1. The number of nitrogens with one attached hydrogen (secondary N) is 1. The second-order valence-electron chi connectivity index (χ2n) is 6.02. The Bertz CT molecular complexity index is 612. The first-order chi connectivity index (χ1) is 10.7. The predicted molar refractivity (Wildman–Crippen MR) is 88.6 cm³/mol. The smallest absolute Gasteiger partial charge is 0.126 e. The Hall–Kier alpha value is -2.00. The van der Waals surface area contributed by atoms with E-state index in [-0.39, 0.29) is 6.04 Å². The van der Waals surface area contributed by atoms with Crippen LogP contribution in [0.2, 0.25) is 0 Å². The zero-order valence-electron chi connectivity index (χ0n) is 13.0. The highest BCUT2D eigenvalue weighted by Crippen LogP contribution is 2.31. The van der Waals surface area contributed by atoms with Crippen molar-refractivity contribution < 1.29 is 9.84 Å². The van der Waals surface area contributed by atoms with E-state index in [1.54, 1.807) is 6.07 Å². The summed E-state index contributed by atoms with van der Waals surface area (Å²) >= 11 is 0. The number of hydrogen-bond acceptors (Lipinski definition) is 3. The van der Waals surface area contributed by atoms with E-state index in [1.165, 1.54) is 5.56 Å². The van der Waals surface area contributed by atoms with Gasteiger partial charge < -0.3 is 15.2 Å². The lowest BCUT2D eigenvalue weighted by Crippen LogP contribution is -2.40. The van der Waals surface area contributed by atoms with Gasteiger partial charge in [-0.15, -0.1) is 0 Å². The van der Waals surface area contributed by atoms with E-state index < -0.39 is 0 Å². The van der Waals surface area contributed by atoms with Crippen LogP contribution >= 0.6 is 0 Å². The molecule has 116 valence electrons. The van der Waals surface area contributed by atoms with Crippen LogP contribution in [0, 0.1) is 0 Å². The zero-order valence-corrected chi connectivity index (χ0v) is 13.0. The normalized spacial score (nSPS) is 18.3. The van der Waals surface area contributed by atoms with Crippen molar-refractivity contribution in [1.29, 1.82) is 0 Å². The molecule has 0 aromatic heterocycles. The molecule has 3 rings (SSSR count). The van der Waals surface area contributed by atoms with Gasteiger partial charge in [-0.05, 0) is 43.0 Å². The highest BCUT2D eigenvalue weighted by atomic mass is 16.5. The molecule has 2 unspecified atom stereocenters. The van der Waals surface area contributed by atoms with Crippen molar-refractivity contribution in [1.82, 2.24) is 5.32 Å². The van der Waals surface area contributed by atoms with E-state index in [4.69, 9.17) is 4.74 Å². The highest BCUT2D eigenvalue weighted by Gasteiger charge is 2.21. The highest BCUT2D eigenvalue weighted by molar-refractivity contribution is 5.45. The molecule has 2 aromatic carbocycles. The number of aromatic hydroxyl groups is 1. The monoisotopic (exact) mass is 297 g/mol. The summed E-state index contributed by atoms with van der Waals surface area (Å²) < 4.78 is 5.74. The lowest BCUT2D eigenvalue weighted by Gasteiger charge is -2.27. The zero-order chi connectivity index (χ0) is 15.4. The van der Waals surface area contributed by atoms with E-state index >= 15 is 0 Å². The van der Waals surface area contributed by atoms with Crippen molar-refractivity contribution in [3.05, 3.63) is 59.7 Å². The Morgan fingerprint density at radius 1 is 1.18 bits per heavy atom. The first kappa shape index (κ1) is 14.9. The fraction of sp³-hybridized carbons (Fsp3) is 0.368. The molecule has 0 aliphatic carbocycles. The lowest BCUT2D eigenvalue weighted by molar-refractivity contribution is 0.234. The van der Waals surface area contributed by atoms with Gasteiger partial charge in [-0.1, -0.05) is 43.3 Å². The van der Waals surface area contributed by atoms with Gasteiger partial charge in [0.1, 0.15) is 18.1 Å². The van der Waals surface area contributed by atoms with Crippen LogP contribution in [0.3, 0.4) is 0 Å². The SMILES string of the molecule is CC(CCNC1COc2cccc(O)c2C1)c1ccccc1. The second-order valence-corrected chi connectivity index (χ2v) is 6.02. The molecule has 0 fully saturated rings. The molecule has 0 saturated heterocycles. The minimum Gasteiger partial charge on any atom is -0.508 e. The Morgan fingerprint density at radius 2 is 2.00 bits per heavy atom. The van der Waals surface area contributed by atoms with Crippen molar-refractivity contribution in [2.75, 3.05) is 13.2 Å². The Morgan fingerprint density at radius 3 is 2.82 bits per heavy atom. The largest absolute Gasteiger partial charge is 0.508 e. The Kier molecular flexibility index (Phi) is 4.64. The van der Waals surface area contributed by atoms with Crippen molar-refractivity contribution in [2.45, 2.75) is 31.7 Å². The van der Waals surface area contributed by atoms with Crippen molar-refractivity contribution in [3.8, 4) is 11.5 Å². The van der Waals surface area contributed by atoms with Crippen LogP contribution in [0.5, 0.6) is 11.5 Å². The summed E-state index contributed by atoms with van der Waals surface area (Å²) in [6.07, 6.45) is 1.91. The molecule has 2 atom stereocenters. The van der Waals surface area contributed by atoms with Crippen LogP contribution in [0.4, 0.5) is 0 Å². The van der Waals surface area contributed by atoms with Crippen LogP contribution in [0.1, 0.15) is 30.4 Å². The maximum Gasteiger partial charge on any atom is 0.126 e. The van der Waals surface area contributed by atoms with Gasteiger partial charge in [-0.3, -0.25) is 0 Å². The Balaban J connectivity index is 1.50. The Labute approximate surface area is 131 Å². The number of hydrogen-bond donors (Lipinski definition) is 2. The fourth-order valence-corrected chi connectivity index (χ4v) is 2.97. The van der Waals surface area contributed by atoms with E-state index in [0.29, 0.717) is 18.3 Å². The minimum atomic E-state index is 0.267. The van der Waals surface area contributed by atoms with Crippen LogP contribution < -0.4 is 10.1 Å². The molecule has 0 bridgehead atoms. The first-order valence-electron chi connectivity index (χ1n) is 7.96. The van der Waals surface area contributed by atoms with Gasteiger partial charge in [0.05, 0.1) is 0 Å². The first-order valence-corrected chi connectivity index (χ1v) is 7.96. The molecule has 1 heterocycles. The molecule has 0 saturated carbocycles. The average molecular weight is 297 g/mol. The van der Waals surface area contributed by atoms with Gasteiger partial charge in [-0.2, -0.15) is 0 Å². The standard InChI is InChI=1S/C19H23NO2/c1-14(15-6-3-2-4-7-15)10-11-20-16-12-17-18(21)8-5-9-19(17)22-13-16/h2-9,14,16,20-21H,10-13H2,1H3. The van der Waals surface area contributed by atoms with Crippen molar-refractivity contribution in [3.63, 3.8) is 0 Å². The molecule has 0 spiro atoms. The van der Waals surface area contributed by atoms with Crippen molar-refractivity contribution in [2.24, 2.45) is 0 Å². The molecule has 0 radical (unpaired) electrons. The summed E-state index contributed by atoms with van der Waals surface area (Å²) in [7, 11) is 0. The number of phenols is 1. The number of phenolic OH excluding ortho intramolecular Hbond substituents is 1. The van der Waals surface area contributed by atoms with E-state index in [9.17, 15) is 5.11 Å². The van der Waals surface area contributed by atoms with E-state index in [0.717, 1.165) is 30.7 Å². The maximum atomic E-state index is 9.93. The van der Waals surface area contributed by atoms with Gasteiger partial charge in [0, 0.05) is 11.6 Å². The molecule has 2 N–H and O–H groups in total. The molecular formula is C19H23NO2. The van der Waals surface area contributed by atoms with E-state index in [1.807, 2.05) is 12.1 Å². The van der Waals surface area contributed by atoms with Gasteiger partial charge in [-0.25, -0.2) is 0 Å². The molecule has 22 heavy (non-hydrogen) atoms. The number of benzene rings is 2. The maximum absolute atomic E-state index is 9.93. The summed E-state index contributed by atoms with van der Waals surface area (Å²) in [5.41, 5.74) is 2.30. The topological polar surface area (TPSA) is 41.5 Å².